The van der Waals surface area contributed by atoms with E-state index < -0.39 is 5.54 Å². The van der Waals surface area contributed by atoms with Gasteiger partial charge in [0.05, 0.1) is 17.7 Å². The summed E-state index contributed by atoms with van der Waals surface area (Å²) in [5.41, 5.74) is 11.9. The summed E-state index contributed by atoms with van der Waals surface area (Å²) < 4.78 is 0. The van der Waals surface area contributed by atoms with Crippen LogP contribution in [0.2, 0.25) is 0 Å². The van der Waals surface area contributed by atoms with Gasteiger partial charge in [0, 0.05) is 11.4 Å². The normalized spacial score (nSPS) is 14.1. The molecule has 5 heteroatoms. The van der Waals surface area contributed by atoms with Gasteiger partial charge in [0.1, 0.15) is 0 Å². The number of benzene rings is 1. The molecule has 94 valence electrons. The molecule has 0 bridgehead atoms. The highest BCUT2D eigenvalue weighted by Gasteiger charge is 2.24. The number of anilines is 2. The molecule has 0 heterocycles. The number of rotatable bonds is 4. The number of nitrogens with two attached hydrogens (primary N) is 2. The van der Waals surface area contributed by atoms with Crippen molar-refractivity contribution in [2.75, 3.05) is 18.1 Å². The fraction of sp³-hybridized carbons (Fsp3) is 0.417. The number of hydrogen-bond donors (Lipinski definition) is 4. The first-order chi connectivity index (χ1) is 7.91. The van der Waals surface area contributed by atoms with Crippen LogP contribution in [0.4, 0.5) is 11.4 Å². The SMILES string of the molecule is CCC(C)(CO)NC(=O)c1ccc(N)cc1N. The Morgan fingerprint density at radius 1 is 1.47 bits per heavy atom. The summed E-state index contributed by atoms with van der Waals surface area (Å²) in [7, 11) is 0. The zero-order chi connectivity index (χ0) is 13.1. The lowest BCUT2D eigenvalue weighted by atomic mass is 9.99. The molecule has 1 aromatic rings. The van der Waals surface area contributed by atoms with E-state index in [-0.39, 0.29) is 12.5 Å². The number of carbonyl (C=O) groups excluding carboxylic acids is 1. The average molecular weight is 237 g/mol. The van der Waals surface area contributed by atoms with Gasteiger partial charge in [0.15, 0.2) is 0 Å². The summed E-state index contributed by atoms with van der Waals surface area (Å²) in [4.78, 5) is 12.0. The van der Waals surface area contributed by atoms with Crippen molar-refractivity contribution in [2.45, 2.75) is 25.8 Å². The van der Waals surface area contributed by atoms with E-state index in [4.69, 9.17) is 11.5 Å². The Kier molecular flexibility index (Phi) is 3.96. The van der Waals surface area contributed by atoms with Crippen molar-refractivity contribution in [2.24, 2.45) is 0 Å². The Labute approximate surface area is 101 Å². The molecule has 0 aliphatic rings. The summed E-state index contributed by atoms with van der Waals surface area (Å²) in [6, 6.07) is 4.73. The van der Waals surface area contributed by atoms with E-state index in [9.17, 15) is 9.90 Å². The molecule has 6 N–H and O–H groups in total. The first-order valence-electron chi connectivity index (χ1n) is 5.50. The van der Waals surface area contributed by atoms with E-state index in [1.165, 1.54) is 6.07 Å². The van der Waals surface area contributed by atoms with Crippen molar-refractivity contribution < 1.29 is 9.90 Å². The number of aliphatic hydroxyl groups is 1. The Hall–Kier alpha value is -1.75. The van der Waals surface area contributed by atoms with Gasteiger partial charge in [-0.1, -0.05) is 6.92 Å². The third kappa shape index (κ3) is 3.10. The van der Waals surface area contributed by atoms with Gasteiger partial charge in [-0.25, -0.2) is 0 Å². The van der Waals surface area contributed by atoms with Crippen LogP contribution in [0.25, 0.3) is 0 Å². The molecule has 0 aliphatic carbocycles. The van der Waals surface area contributed by atoms with E-state index in [0.29, 0.717) is 23.4 Å². The zero-order valence-corrected chi connectivity index (χ0v) is 10.2. The van der Waals surface area contributed by atoms with Crippen molar-refractivity contribution in [3.8, 4) is 0 Å². The highest BCUT2D eigenvalue weighted by Crippen LogP contribution is 2.17. The maximum absolute atomic E-state index is 12.0. The minimum absolute atomic E-state index is 0.121. The number of amides is 1. The smallest absolute Gasteiger partial charge is 0.253 e. The molecule has 0 spiro atoms. The molecule has 1 rings (SSSR count). The quantitative estimate of drug-likeness (QED) is 0.580. The first-order valence-corrected chi connectivity index (χ1v) is 5.50. The highest BCUT2D eigenvalue weighted by molar-refractivity contribution is 6.00. The molecule has 5 nitrogen and oxygen atoms in total. The van der Waals surface area contributed by atoms with E-state index in [1.54, 1.807) is 19.1 Å². The van der Waals surface area contributed by atoms with Crippen molar-refractivity contribution >= 4 is 17.3 Å². The Bertz CT molecular complexity index is 414. The molecule has 0 aromatic heterocycles. The van der Waals surface area contributed by atoms with Gasteiger partial charge in [-0.3, -0.25) is 4.79 Å². The Morgan fingerprint density at radius 2 is 2.12 bits per heavy atom. The van der Waals surface area contributed by atoms with Crippen LogP contribution in [-0.2, 0) is 0 Å². The van der Waals surface area contributed by atoms with Crippen LogP contribution in [0.5, 0.6) is 0 Å². The predicted octanol–water partition coefficient (Wildman–Crippen LogP) is 0.742. The molecule has 0 saturated carbocycles. The van der Waals surface area contributed by atoms with Crippen LogP contribution in [0, 0.1) is 0 Å². The van der Waals surface area contributed by atoms with E-state index in [0.717, 1.165) is 0 Å². The third-order valence-electron chi connectivity index (χ3n) is 2.86. The van der Waals surface area contributed by atoms with Crippen LogP contribution in [-0.4, -0.2) is 23.2 Å². The van der Waals surface area contributed by atoms with Gasteiger partial charge >= 0.3 is 0 Å². The summed E-state index contributed by atoms with van der Waals surface area (Å²) in [5, 5.41) is 12.0. The summed E-state index contributed by atoms with van der Waals surface area (Å²) in [6.45, 7) is 3.55. The van der Waals surface area contributed by atoms with Gasteiger partial charge in [0.25, 0.3) is 5.91 Å². The zero-order valence-electron chi connectivity index (χ0n) is 10.2. The number of nitrogens with one attached hydrogen (secondary N) is 1. The first kappa shape index (κ1) is 13.3. The molecule has 1 atom stereocenters. The van der Waals surface area contributed by atoms with Crippen LogP contribution in [0.15, 0.2) is 18.2 Å². The minimum atomic E-state index is -0.634. The summed E-state index contributed by atoms with van der Waals surface area (Å²) in [5.74, 6) is -0.305. The second kappa shape index (κ2) is 5.05. The largest absolute Gasteiger partial charge is 0.399 e. The molecule has 0 saturated heterocycles. The standard InChI is InChI=1S/C12H19N3O2/c1-3-12(2,7-16)15-11(17)9-5-4-8(13)6-10(9)14/h4-6,16H,3,7,13-14H2,1-2H3,(H,15,17). The van der Waals surface area contributed by atoms with Crippen LogP contribution in [0.1, 0.15) is 30.6 Å². The molecule has 0 radical (unpaired) electrons. The molecular weight excluding hydrogens is 218 g/mol. The van der Waals surface area contributed by atoms with Gasteiger partial charge < -0.3 is 21.9 Å². The maximum Gasteiger partial charge on any atom is 0.253 e. The number of carbonyl (C=O) groups is 1. The van der Waals surface area contributed by atoms with E-state index in [1.807, 2.05) is 6.92 Å². The molecule has 17 heavy (non-hydrogen) atoms. The van der Waals surface area contributed by atoms with Gasteiger partial charge in [-0.05, 0) is 31.5 Å². The van der Waals surface area contributed by atoms with Gasteiger partial charge in [0.2, 0.25) is 0 Å². The lowest BCUT2D eigenvalue weighted by Gasteiger charge is -2.27. The molecule has 1 unspecified atom stereocenters. The van der Waals surface area contributed by atoms with Crippen molar-refractivity contribution in [3.05, 3.63) is 23.8 Å². The molecule has 0 fully saturated rings. The van der Waals surface area contributed by atoms with Gasteiger partial charge in [-0.15, -0.1) is 0 Å². The number of aliphatic hydroxyl groups excluding tert-OH is 1. The lowest BCUT2D eigenvalue weighted by molar-refractivity contribution is 0.0848. The van der Waals surface area contributed by atoms with Crippen LogP contribution in [0.3, 0.4) is 0 Å². The monoisotopic (exact) mass is 237 g/mol. The van der Waals surface area contributed by atoms with E-state index >= 15 is 0 Å². The highest BCUT2D eigenvalue weighted by atomic mass is 16.3. The van der Waals surface area contributed by atoms with Crippen molar-refractivity contribution in [1.82, 2.24) is 5.32 Å². The summed E-state index contributed by atoms with van der Waals surface area (Å²) >= 11 is 0. The van der Waals surface area contributed by atoms with Crippen molar-refractivity contribution in [3.63, 3.8) is 0 Å². The third-order valence-corrected chi connectivity index (χ3v) is 2.86. The Balaban J connectivity index is 2.90. The van der Waals surface area contributed by atoms with Crippen LogP contribution < -0.4 is 16.8 Å². The second-order valence-corrected chi connectivity index (χ2v) is 4.37. The fourth-order valence-corrected chi connectivity index (χ4v) is 1.37. The number of hydrogen-bond acceptors (Lipinski definition) is 4. The van der Waals surface area contributed by atoms with Gasteiger partial charge in [-0.2, -0.15) is 0 Å². The summed E-state index contributed by atoms with van der Waals surface area (Å²) in [6.07, 6.45) is 0.629. The van der Waals surface area contributed by atoms with Crippen molar-refractivity contribution in [1.29, 1.82) is 0 Å². The topological polar surface area (TPSA) is 101 Å². The molecular formula is C12H19N3O2. The molecule has 0 aliphatic heterocycles. The maximum atomic E-state index is 12.0. The second-order valence-electron chi connectivity index (χ2n) is 4.37. The van der Waals surface area contributed by atoms with Crippen LogP contribution >= 0.6 is 0 Å². The predicted molar refractivity (Wildman–Crippen MR) is 68.5 cm³/mol. The average Bonchev–Trinajstić information content (AvgIpc) is 2.28. The molecule has 1 aromatic carbocycles. The minimum Gasteiger partial charge on any atom is -0.399 e. The fourth-order valence-electron chi connectivity index (χ4n) is 1.37. The Morgan fingerprint density at radius 3 is 2.59 bits per heavy atom. The lowest BCUT2D eigenvalue weighted by Crippen LogP contribution is -2.48. The number of nitrogen functional groups attached to an aromatic ring is 2. The molecule has 1 amide bonds. The van der Waals surface area contributed by atoms with E-state index in [2.05, 4.69) is 5.32 Å².